The van der Waals surface area contributed by atoms with Gasteiger partial charge in [-0.05, 0) is 54.2 Å². The largest absolute Gasteiger partial charge is 0.321 e. The highest BCUT2D eigenvalue weighted by atomic mass is 32.2. The third-order valence-corrected chi connectivity index (χ3v) is 5.88. The van der Waals surface area contributed by atoms with Gasteiger partial charge in [0.1, 0.15) is 12.1 Å². The lowest BCUT2D eigenvalue weighted by molar-refractivity contribution is 0.103. The highest BCUT2D eigenvalue weighted by Crippen LogP contribution is 2.29. The number of hydrogen-bond acceptors (Lipinski definition) is 5. The van der Waals surface area contributed by atoms with Gasteiger partial charge in [0.2, 0.25) is 0 Å². The lowest BCUT2D eigenvalue weighted by atomic mass is 10.2. The first-order valence-electron chi connectivity index (χ1n) is 7.71. The molecule has 130 valence electrons. The van der Waals surface area contributed by atoms with Crippen molar-refractivity contribution in [2.75, 3.05) is 5.32 Å². The molecular formula is C18H13FN4OS2. The number of anilines is 1. The fraction of sp³-hybridized carbons (Fsp3) is 0.0556. The Kier molecular flexibility index (Phi) is 4.44. The van der Waals surface area contributed by atoms with Crippen molar-refractivity contribution in [2.45, 2.75) is 10.1 Å². The fourth-order valence-electron chi connectivity index (χ4n) is 2.41. The molecule has 0 saturated heterocycles. The number of carbonyl (C=O) groups excluding carboxylic acids is 1. The number of nitrogens with one attached hydrogen (secondary N) is 1. The van der Waals surface area contributed by atoms with Crippen molar-refractivity contribution in [2.24, 2.45) is 7.05 Å². The van der Waals surface area contributed by atoms with Crippen LogP contribution < -0.4 is 5.32 Å². The highest BCUT2D eigenvalue weighted by molar-refractivity contribution is 7.99. The van der Waals surface area contributed by atoms with Gasteiger partial charge >= 0.3 is 0 Å². The molecule has 0 fully saturated rings. The number of aromatic nitrogens is 3. The van der Waals surface area contributed by atoms with Crippen LogP contribution in [0.5, 0.6) is 0 Å². The van der Waals surface area contributed by atoms with Crippen LogP contribution in [0.3, 0.4) is 0 Å². The van der Waals surface area contributed by atoms with E-state index in [-0.39, 0.29) is 11.7 Å². The SMILES string of the molecule is Cn1cnnc1Sc1ccc(NC(=O)c2cc3c(F)cccc3s2)cc1. The normalized spacial score (nSPS) is 11.0. The summed E-state index contributed by atoms with van der Waals surface area (Å²) < 4.78 is 16.4. The zero-order chi connectivity index (χ0) is 18.1. The Hall–Kier alpha value is -2.71. The van der Waals surface area contributed by atoms with Gasteiger partial charge in [-0.25, -0.2) is 4.39 Å². The average Bonchev–Trinajstić information content (AvgIpc) is 3.24. The maximum atomic E-state index is 13.8. The van der Waals surface area contributed by atoms with E-state index in [1.165, 1.54) is 29.2 Å². The van der Waals surface area contributed by atoms with Crippen LogP contribution in [0.1, 0.15) is 9.67 Å². The van der Waals surface area contributed by atoms with Crippen molar-refractivity contribution < 1.29 is 9.18 Å². The van der Waals surface area contributed by atoms with Crippen molar-refractivity contribution in [3.05, 3.63) is 65.6 Å². The van der Waals surface area contributed by atoms with Crippen molar-refractivity contribution in [1.29, 1.82) is 0 Å². The molecule has 0 saturated carbocycles. The third kappa shape index (κ3) is 3.33. The number of fused-ring (bicyclic) bond motifs is 1. The lowest BCUT2D eigenvalue weighted by Crippen LogP contribution is -2.09. The van der Waals surface area contributed by atoms with Crippen LogP contribution in [0.25, 0.3) is 10.1 Å². The van der Waals surface area contributed by atoms with E-state index in [9.17, 15) is 9.18 Å². The van der Waals surface area contributed by atoms with Crippen LogP contribution >= 0.6 is 23.1 Å². The average molecular weight is 384 g/mol. The van der Waals surface area contributed by atoms with Crippen molar-refractivity contribution >= 4 is 44.8 Å². The number of carbonyl (C=O) groups is 1. The van der Waals surface area contributed by atoms with E-state index in [2.05, 4.69) is 15.5 Å². The number of amides is 1. The summed E-state index contributed by atoms with van der Waals surface area (Å²) in [4.78, 5) is 13.9. The van der Waals surface area contributed by atoms with Gasteiger partial charge in [0.05, 0.1) is 4.88 Å². The molecule has 0 aliphatic heterocycles. The van der Waals surface area contributed by atoms with Gasteiger partial charge in [0.15, 0.2) is 5.16 Å². The van der Waals surface area contributed by atoms with E-state index < -0.39 is 0 Å². The quantitative estimate of drug-likeness (QED) is 0.560. The molecule has 26 heavy (non-hydrogen) atoms. The molecule has 0 bridgehead atoms. The van der Waals surface area contributed by atoms with Crippen LogP contribution in [0.4, 0.5) is 10.1 Å². The second-order valence-corrected chi connectivity index (χ2v) is 7.69. The number of aryl methyl sites for hydroxylation is 1. The summed E-state index contributed by atoms with van der Waals surface area (Å²) in [6, 6.07) is 13.9. The molecule has 0 spiro atoms. The predicted molar refractivity (Wildman–Crippen MR) is 101 cm³/mol. The molecule has 2 heterocycles. The molecule has 8 heteroatoms. The van der Waals surface area contributed by atoms with Crippen LogP contribution in [-0.2, 0) is 7.05 Å². The second-order valence-electron chi connectivity index (χ2n) is 5.57. The van der Waals surface area contributed by atoms with Crippen molar-refractivity contribution in [1.82, 2.24) is 14.8 Å². The Morgan fingerprint density at radius 2 is 2.04 bits per heavy atom. The van der Waals surface area contributed by atoms with Gasteiger partial charge in [0.25, 0.3) is 5.91 Å². The van der Waals surface area contributed by atoms with Crippen molar-refractivity contribution in [3.63, 3.8) is 0 Å². The topological polar surface area (TPSA) is 59.8 Å². The van der Waals surface area contributed by atoms with E-state index in [4.69, 9.17) is 0 Å². The van der Waals surface area contributed by atoms with E-state index in [0.29, 0.717) is 16.0 Å². The lowest BCUT2D eigenvalue weighted by Gasteiger charge is -2.05. The van der Waals surface area contributed by atoms with Crippen LogP contribution in [0.2, 0.25) is 0 Å². The van der Waals surface area contributed by atoms with Gasteiger partial charge < -0.3 is 9.88 Å². The summed E-state index contributed by atoms with van der Waals surface area (Å²) in [5.41, 5.74) is 0.676. The third-order valence-electron chi connectivity index (χ3n) is 3.72. The minimum atomic E-state index is -0.317. The van der Waals surface area contributed by atoms with E-state index >= 15 is 0 Å². The Labute approximate surface area is 156 Å². The minimum Gasteiger partial charge on any atom is -0.321 e. The van der Waals surface area contributed by atoms with Gasteiger partial charge in [-0.2, -0.15) is 0 Å². The predicted octanol–water partition coefficient (Wildman–Crippen LogP) is 4.57. The minimum absolute atomic E-state index is 0.251. The smallest absolute Gasteiger partial charge is 0.265 e. The molecule has 1 amide bonds. The second kappa shape index (κ2) is 6.89. The number of benzene rings is 2. The zero-order valence-electron chi connectivity index (χ0n) is 13.6. The molecular weight excluding hydrogens is 371 g/mol. The Morgan fingerprint density at radius 1 is 1.23 bits per heavy atom. The molecule has 4 aromatic rings. The van der Waals surface area contributed by atoms with Gasteiger partial charge in [0, 0.05) is 27.7 Å². The number of hydrogen-bond donors (Lipinski definition) is 1. The molecule has 1 N–H and O–H groups in total. The summed E-state index contributed by atoms with van der Waals surface area (Å²) in [6.07, 6.45) is 1.64. The maximum absolute atomic E-state index is 13.8. The first-order chi connectivity index (χ1) is 12.6. The first-order valence-corrected chi connectivity index (χ1v) is 9.35. The first kappa shape index (κ1) is 16.7. The molecule has 0 unspecified atom stereocenters. The Morgan fingerprint density at radius 3 is 2.73 bits per heavy atom. The molecule has 5 nitrogen and oxygen atoms in total. The molecule has 0 aliphatic carbocycles. The highest BCUT2D eigenvalue weighted by Gasteiger charge is 2.13. The van der Waals surface area contributed by atoms with Gasteiger partial charge in [-0.1, -0.05) is 6.07 Å². The Balaban J connectivity index is 1.48. The summed E-state index contributed by atoms with van der Waals surface area (Å²) in [5.74, 6) is -0.567. The van der Waals surface area contributed by atoms with E-state index in [0.717, 1.165) is 14.8 Å². The fourth-order valence-corrected chi connectivity index (χ4v) is 4.14. The van der Waals surface area contributed by atoms with Crippen LogP contribution in [-0.4, -0.2) is 20.7 Å². The summed E-state index contributed by atoms with van der Waals surface area (Å²) in [7, 11) is 1.88. The van der Waals surface area contributed by atoms with Crippen molar-refractivity contribution in [3.8, 4) is 0 Å². The van der Waals surface area contributed by atoms with Gasteiger partial charge in [-0.15, -0.1) is 21.5 Å². The number of thiophene rings is 1. The summed E-state index contributed by atoms with van der Waals surface area (Å²) >= 11 is 2.76. The molecule has 0 radical (unpaired) electrons. The molecule has 4 rings (SSSR count). The molecule has 2 aromatic carbocycles. The maximum Gasteiger partial charge on any atom is 0.265 e. The standard InChI is InChI=1S/C18H13FN4OS2/c1-23-10-20-22-18(23)25-12-7-5-11(6-8-12)21-17(24)16-9-13-14(19)3-2-4-15(13)26-16/h2-10H,1H3,(H,21,24). The van der Waals surface area contributed by atoms with Crippen LogP contribution in [0, 0.1) is 5.82 Å². The monoisotopic (exact) mass is 384 g/mol. The zero-order valence-corrected chi connectivity index (χ0v) is 15.3. The van der Waals surface area contributed by atoms with E-state index in [1.54, 1.807) is 24.5 Å². The van der Waals surface area contributed by atoms with Crippen LogP contribution in [0.15, 0.2) is 64.9 Å². The summed E-state index contributed by atoms with van der Waals surface area (Å²) in [5, 5.41) is 12.0. The molecule has 2 aromatic heterocycles. The summed E-state index contributed by atoms with van der Waals surface area (Å²) in [6.45, 7) is 0. The van der Waals surface area contributed by atoms with Gasteiger partial charge in [-0.3, -0.25) is 4.79 Å². The molecule has 0 aliphatic rings. The number of nitrogens with zero attached hydrogens (tertiary/aromatic N) is 3. The number of rotatable bonds is 4. The Bertz CT molecular complexity index is 1090. The number of halogens is 1. The van der Waals surface area contributed by atoms with E-state index in [1.807, 2.05) is 35.9 Å². The molecule has 0 atom stereocenters.